The SMILES string of the molecule is Cc1cc(NC(=O)NCc2ccc(C#N)cc2)n(C)n1. The number of hydrogen-bond donors (Lipinski definition) is 2. The molecule has 0 bridgehead atoms. The topological polar surface area (TPSA) is 82.7 Å². The van der Waals surface area contributed by atoms with Crippen molar-refractivity contribution in [1.82, 2.24) is 15.1 Å². The zero-order valence-corrected chi connectivity index (χ0v) is 11.3. The van der Waals surface area contributed by atoms with Gasteiger partial charge < -0.3 is 5.32 Å². The Balaban J connectivity index is 1.89. The number of aryl methyl sites for hydroxylation is 2. The molecular weight excluding hydrogens is 254 g/mol. The van der Waals surface area contributed by atoms with Crippen molar-refractivity contribution < 1.29 is 4.79 Å². The number of benzene rings is 1. The molecule has 0 unspecified atom stereocenters. The molecule has 6 nitrogen and oxygen atoms in total. The van der Waals surface area contributed by atoms with Crippen LogP contribution in [0.5, 0.6) is 0 Å². The summed E-state index contributed by atoms with van der Waals surface area (Å²) < 4.78 is 1.61. The van der Waals surface area contributed by atoms with E-state index in [-0.39, 0.29) is 6.03 Å². The average molecular weight is 269 g/mol. The van der Waals surface area contributed by atoms with E-state index in [2.05, 4.69) is 21.8 Å². The van der Waals surface area contributed by atoms with Gasteiger partial charge in [0.2, 0.25) is 0 Å². The summed E-state index contributed by atoms with van der Waals surface area (Å²) in [6.45, 7) is 2.26. The van der Waals surface area contributed by atoms with Gasteiger partial charge in [-0.1, -0.05) is 12.1 Å². The molecule has 0 atom stereocenters. The van der Waals surface area contributed by atoms with E-state index in [1.165, 1.54) is 0 Å². The van der Waals surface area contributed by atoms with Crippen molar-refractivity contribution in [3.05, 3.63) is 47.2 Å². The molecule has 2 amide bonds. The third-order valence-electron chi connectivity index (χ3n) is 2.78. The summed E-state index contributed by atoms with van der Waals surface area (Å²) in [5.41, 5.74) is 2.37. The van der Waals surface area contributed by atoms with E-state index in [1.54, 1.807) is 29.9 Å². The summed E-state index contributed by atoms with van der Waals surface area (Å²) in [5, 5.41) is 18.3. The van der Waals surface area contributed by atoms with Crippen LogP contribution in [0, 0.1) is 18.3 Å². The number of aromatic nitrogens is 2. The largest absolute Gasteiger partial charge is 0.334 e. The highest BCUT2D eigenvalue weighted by Gasteiger charge is 2.06. The third kappa shape index (κ3) is 3.36. The lowest BCUT2D eigenvalue weighted by Gasteiger charge is -2.07. The number of nitrogens with one attached hydrogen (secondary N) is 2. The highest BCUT2D eigenvalue weighted by molar-refractivity contribution is 5.88. The molecule has 0 saturated carbocycles. The summed E-state index contributed by atoms with van der Waals surface area (Å²) >= 11 is 0. The fourth-order valence-corrected chi connectivity index (χ4v) is 1.77. The minimum absolute atomic E-state index is 0.294. The Labute approximate surface area is 117 Å². The lowest BCUT2D eigenvalue weighted by molar-refractivity contribution is 0.251. The van der Waals surface area contributed by atoms with Crippen LogP contribution in [0.25, 0.3) is 0 Å². The maximum atomic E-state index is 11.8. The summed E-state index contributed by atoms with van der Waals surface area (Å²) in [6, 6.07) is 10.6. The van der Waals surface area contributed by atoms with Crippen molar-refractivity contribution in [3.63, 3.8) is 0 Å². The van der Waals surface area contributed by atoms with Crippen LogP contribution in [0.1, 0.15) is 16.8 Å². The van der Waals surface area contributed by atoms with E-state index in [9.17, 15) is 4.79 Å². The van der Waals surface area contributed by atoms with E-state index in [1.807, 2.05) is 19.1 Å². The molecule has 102 valence electrons. The van der Waals surface area contributed by atoms with Crippen LogP contribution in [0.4, 0.5) is 10.6 Å². The summed E-state index contributed by atoms with van der Waals surface area (Å²) in [7, 11) is 1.77. The van der Waals surface area contributed by atoms with Gasteiger partial charge >= 0.3 is 6.03 Å². The van der Waals surface area contributed by atoms with Gasteiger partial charge in [-0.3, -0.25) is 10.00 Å². The molecule has 0 aliphatic heterocycles. The maximum absolute atomic E-state index is 11.8. The van der Waals surface area contributed by atoms with Crippen molar-refractivity contribution in [2.45, 2.75) is 13.5 Å². The molecule has 1 heterocycles. The molecule has 2 N–H and O–H groups in total. The normalized spacial score (nSPS) is 9.85. The molecule has 2 aromatic rings. The smallest absolute Gasteiger partial charge is 0.320 e. The lowest BCUT2D eigenvalue weighted by atomic mass is 10.1. The Morgan fingerprint density at radius 2 is 2.10 bits per heavy atom. The second kappa shape index (κ2) is 5.89. The second-order valence-electron chi connectivity index (χ2n) is 4.41. The lowest BCUT2D eigenvalue weighted by Crippen LogP contribution is -2.29. The zero-order chi connectivity index (χ0) is 14.5. The van der Waals surface area contributed by atoms with Gasteiger partial charge in [-0.25, -0.2) is 4.79 Å². The van der Waals surface area contributed by atoms with Crippen LogP contribution in [0.2, 0.25) is 0 Å². The summed E-state index contributed by atoms with van der Waals surface area (Å²) in [6.07, 6.45) is 0. The predicted molar refractivity (Wildman–Crippen MR) is 75.0 cm³/mol. The third-order valence-corrected chi connectivity index (χ3v) is 2.78. The van der Waals surface area contributed by atoms with Crippen molar-refractivity contribution >= 4 is 11.8 Å². The fraction of sp³-hybridized carbons (Fsp3) is 0.214. The van der Waals surface area contributed by atoms with Gasteiger partial charge in [0.05, 0.1) is 17.3 Å². The van der Waals surface area contributed by atoms with E-state index in [0.717, 1.165) is 11.3 Å². The van der Waals surface area contributed by atoms with Crippen LogP contribution >= 0.6 is 0 Å². The first-order chi connectivity index (χ1) is 9.58. The van der Waals surface area contributed by atoms with Crippen molar-refractivity contribution in [2.75, 3.05) is 5.32 Å². The molecule has 6 heteroatoms. The number of urea groups is 1. The van der Waals surface area contributed by atoms with Crippen molar-refractivity contribution in [3.8, 4) is 6.07 Å². The minimum atomic E-state index is -0.294. The first-order valence-corrected chi connectivity index (χ1v) is 6.13. The summed E-state index contributed by atoms with van der Waals surface area (Å²) in [5.74, 6) is 0.639. The van der Waals surface area contributed by atoms with Crippen molar-refractivity contribution in [2.24, 2.45) is 7.05 Å². The van der Waals surface area contributed by atoms with Crippen LogP contribution in [-0.4, -0.2) is 15.8 Å². The molecule has 2 rings (SSSR count). The number of rotatable bonds is 3. The van der Waals surface area contributed by atoms with E-state index >= 15 is 0 Å². The van der Waals surface area contributed by atoms with Gasteiger partial charge in [0.1, 0.15) is 5.82 Å². The van der Waals surface area contributed by atoms with Crippen LogP contribution in [-0.2, 0) is 13.6 Å². The zero-order valence-electron chi connectivity index (χ0n) is 11.3. The van der Waals surface area contributed by atoms with Gasteiger partial charge in [-0.05, 0) is 24.6 Å². The molecule has 0 radical (unpaired) electrons. The Hall–Kier alpha value is -2.81. The molecule has 0 aliphatic rings. The molecule has 1 aromatic carbocycles. The monoisotopic (exact) mass is 269 g/mol. The number of nitrogens with zero attached hydrogens (tertiary/aromatic N) is 3. The Bertz CT molecular complexity index is 651. The van der Waals surface area contributed by atoms with Gasteiger partial charge in [-0.2, -0.15) is 10.4 Å². The Morgan fingerprint density at radius 3 is 2.65 bits per heavy atom. The van der Waals surface area contributed by atoms with Crippen LogP contribution in [0.3, 0.4) is 0 Å². The number of carbonyl (C=O) groups excluding carboxylic acids is 1. The Morgan fingerprint density at radius 1 is 1.40 bits per heavy atom. The molecule has 0 fully saturated rings. The quantitative estimate of drug-likeness (QED) is 0.893. The molecule has 1 aromatic heterocycles. The van der Waals surface area contributed by atoms with Gasteiger partial charge in [0.15, 0.2) is 0 Å². The van der Waals surface area contributed by atoms with Gasteiger partial charge in [0, 0.05) is 19.7 Å². The van der Waals surface area contributed by atoms with E-state index < -0.39 is 0 Å². The number of nitriles is 1. The average Bonchev–Trinajstić information content (AvgIpc) is 2.75. The molecule has 0 spiro atoms. The van der Waals surface area contributed by atoms with E-state index in [0.29, 0.717) is 17.9 Å². The molecule has 20 heavy (non-hydrogen) atoms. The highest BCUT2D eigenvalue weighted by atomic mass is 16.2. The summed E-state index contributed by atoms with van der Waals surface area (Å²) in [4.78, 5) is 11.8. The maximum Gasteiger partial charge on any atom is 0.320 e. The van der Waals surface area contributed by atoms with Gasteiger partial charge in [0.25, 0.3) is 0 Å². The highest BCUT2D eigenvalue weighted by Crippen LogP contribution is 2.08. The predicted octanol–water partition coefficient (Wildman–Crippen LogP) is 1.92. The van der Waals surface area contributed by atoms with Crippen LogP contribution in [0.15, 0.2) is 30.3 Å². The number of amides is 2. The Kier molecular flexibility index (Phi) is 4.01. The molecule has 0 saturated heterocycles. The van der Waals surface area contributed by atoms with Crippen molar-refractivity contribution in [1.29, 1.82) is 5.26 Å². The second-order valence-corrected chi connectivity index (χ2v) is 4.41. The molecule has 0 aliphatic carbocycles. The minimum Gasteiger partial charge on any atom is -0.334 e. The number of anilines is 1. The molecular formula is C14H15N5O. The number of hydrogen-bond acceptors (Lipinski definition) is 3. The van der Waals surface area contributed by atoms with E-state index in [4.69, 9.17) is 5.26 Å². The standard InChI is InChI=1S/C14H15N5O/c1-10-7-13(19(2)18-10)17-14(20)16-9-12-5-3-11(8-15)4-6-12/h3-7H,9H2,1-2H3,(H2,16,17,20). The first kappa shape index (κ1) is 13.6. The van der Waals surface area contributed by atoms with Crippen LogP contribution < -0.4 is 10.6 Å². The fourth-order valence-electron chi connectivity index (χ4n) is 1.77. The first-order valence-electron chi connectivity index (χ1n) is 6.13. The number of carbonyl (C=O) groups is 1. The van der Waals surface area contributed by atoms with Gasteiger partial charge in [-0.15, -0.1) is 0 Å².